The second kappa shape index (κ2) is 12.4. The number of nitrogens with one attached hydrogen (secondary N) is 2. The third-order valence-corrected chi connectivity index (χ3v) is 6.21. The Morgan fingerprint density at radius 2 is 1.91 bits per heavy atom. The summed E-state index contributed by atoms with van der Waals surface area (Å²) in [5, 5.41) is 32.7. The lowest BCUT2D eigenvalue weighted by molar-refractivity contribution is -0.149. The van der Waals surface area contributed by atoms with Gasteiger partial charge in [0, 0.05) is 6.20 Å². The molecule has 6 atom stereocenters. The summed E-state index contributed by atoms with van der Waals surface area (Å²) in [5.74, 6) is -0.0938. The summed E-state index contributed by atoms with van der Waals surface area (Å²) in [6.45, 7) is 4.84. The van der Waals surface area contributed by atoms with E-state index < -0.39 is 50.8 Å². The number of aliphatic hydroxyl groups excluding tert-OH is 2. The maximum Gasteiger partial charge on any atom is 0.351 e. The van der Waals surface area contributed by atoms with Crippen LogP contribution in [0, 0.1) is 0 Å². The fourth-order valence-corrected chi connectivity index (χ4v) is 4.32. The van der Waals surface area contributed by atoms with E-state index in [2.05, 4.69) is 10.1 Å². The van der Waals surface area contributed by atoms with Gasteiger partial charge in [0.15, 0.2) is 12.0 Å². The summed E-state index contributed by atoms with van der Waals surface area (Å²) >= 11 is 0. The van der Waals surface area contributed by atoms with Crippen molar-refractivity contribution in [3.05, 3.63) is 53.1 Å². The first-order valence-electron chi connectivity index (χ1n) is 10.8. The molecule has 13 nitrogen and oxygen atoms in total. The first-order chi connectivity index (χ1) is 16.7. The highest BCUT2D eigenvalue weighted by atomic mass is 31.2. The molecule has 2 heterocycles. The second-order valence-electron chi connectivity index (χ2n) is 7.95. The number of nitrogens with zero attached hydrogens (tertiary/aromatic N) is 2. The molecule has 35 heavy (non-hydrogen) atoms. The Morgan fingerprint density at radius 1 is 1.20 bits per heavy atom. The van der Waals surface area contributed by atoms with Crippen LogP contribution >= 0.6 is 8.53 Å². The lowest BCUT2D eigenvalue weighted by Gasteiger charge is -2.24. The van der Waals surface area contributed by atoms with Crippen LogP contribution in [-0.2, 0) is 18.8 Å². The smallest absolute Gasteiger partial charge is 0.351 e. The Hall–Kier alpha value is -2.64. The molecule has 192 valence electrons. The minimum absolute atomic E-state index is 0.0842. The monoisotopic (exact) mass is 512 g/mol. The summed E-state index contributed by atoms with van der Waals surface area (Å²) in [5.41, 5.74) is 0.942. The Labute approximate surface area is 202 Å². The predicted octanol–water partition coefficient (Wildman–Crippen LogP) is 0.916. The van der Waals surface area contributed by atoms with Crippen molar-refractivity contribution in [2.75, 3.05) is 12.1 Å². The maximum atomic E-state index is 12.2. The first kappa shape index (κ1) is 27.0. The number of rotatable bonds is 11. The van der Waals surface area contributed by atoms with Crippen LogP contribution < -0.4 is 20.8 Å². The third kappa shape index (κ3) is 7.18. The number of anilines is 1. The molecule has 14 heteroatoms. The van der Waals surface area contributed by atoms with E-state index in [0.29, 0.717) is 5.75 Å². The molecule has 0 spiro atoms. The molecule has 1 aliphatic rings. The van der Waals surface area contributed by atoms with E-state index in [0.717, 1.165) is 4.57 Å². The minimum Gasteiger partial charge on any atom is -0.462 e. The number of hydrogen-bond donors (Lipinski definition) is 5. The quantitative estimate of drug-likeness (QED) is 0.164. The van der Waals surface area contributed by atoms with E-state index in [4.69, 9.17) is 23.7 Å². The number of carbonyl (C=O) groups is 1. The molecule has 1 saturated heterocycles. The molecule has 5 unspecified atom stereocenters. The van der Waals surface area contributed by atoms with Gasteiger partial charge in [-0.05, 0) is 39.0 Å². The molecule has 3 rings (SSSR count). The highest BCUT2D eigenvalue weighted by Crippen LogP contribution is 2.38. The SMILES string of the molecule is CC(C)OC(=O)[C@H](C)NP(OCC1OC(n2ccc(NO)nc2=O)C(O)C1O)Oc1ccccc1. The molecule has 1 aromatic carbocycles. The third-order valence-electron chi connectivity index (χ3n) is 4.85. The highest BCUT2D eigenvalue weighted by Gasteiger charge is 2.44. The average molecular weight is 512 g/mol. The Bertz CT molecular complexity index is 1030. The molecule has 0 radical (unpaired) electrons. The van der Waals surface area contributed by atoms with Gasteiger partial charge >= 0.3 is 20.2 Å². The van der Waals surface area contributed by atoms with Gasteiger partial charge < -0.3 is 28.7 Å². The number of benzene rings is 1. The normalized spacial score (nSPS) is 23.6. The van der Waals surface area contributed by atoms with Gasteiger partial charge in [-0.25, -0.2) is 9.88 Å². The van der Waals surface area contributed by atoms with E-state index in [1.165, 1.54) is 12.3 Å². The van der Waals surface area contributed by atoms with Crippen molar-refractivity contribution in [3.8, 4) is 5.75 Å². The predicted molar refractivity (Wildman–Crippen MR) is 124 cm³/mol. The molecule has 5 N–H and O–H groups in total. The Kier molecular flexibility index (Phi) is 9.52. The van der Waals surface area contributed by atoms with Crippen molar-refractivity contribution in [1.82, 2.24) is 14.6 Å². The van der Waals surface area contributed by atoms with Gasteiger partial charge in [0.2, 0.25) is 0 Å². The van der Waals surface area contributed by atoms with E-state index in [1.54, 1.807) is 50.5 Å². The molecular weight excluding hydrogens is 483 g/mol. The largest absolute Gasteiger partial charge is 0.462 e. The Morgan fingerprint density at radius 3 is 2.54 bits per heavy atom. The molecule has 1 aliphatic heterocycles. The van der Waals surface area contributed by atoms with Gasteiger partial charge in [0.05, 0.1) is 12.7 Å². The number of hydrogen-bond acceptors (Lipinski definition) is 12. The molecule has 0 saturated carbocycles. The second-order valence-corrected chi connectivity index (χ2v) is 9.17. The van der Waals surface area contributed by atoms with Crippen LogP contribution in [0.15, 0.2) is 47.4 Å². The van der Waals surface area contributed by atoms with E-state index in [-0.39, 0.29) is 18.5 Å². The fourth-order valence-electron chi connectivity index (χ4n) is 3.12. The first-order valence-corrected chi connectivity index (χ1v) is 12.0. The zero-order chi connectivity index (χ0) is 25.5. The van der Waals surface area contributed by atoms with Gasteiger partial charge in [-0.2, -0.15) is 4.98 Å². The van der Waals surface area contributed by atoms with E-state index in [9.17, 15) is 19.8 Å². The van der Waals surface area contributed by atoms with Gasteiger partial charge in [0.25, 0.3) is 0 Å². The minimum atomic E-state index is -1.91. The highest BCUT2D eigenvalue weighted by molar-refractivity contribution is 7.45. The van der Waals surface area contributed by atoms with E-state index in [1.807, 2.05) is 6.07 Å². The van der Waals surface area contributed by atoms with Crippen LogP contribution in [0.1, 0.15) is 27.0 Å². The number of aromatic nitrogens is 2. The van der Waals surface area contributed by atoms with Gasteiger partial charge in [-0.1, -0.05) is 18.2 Å². The van der Waals surface area contributed by atoms with Crippen LogP contribution in [0.2, 0.25) is 0 Å². The number of para-hydroxylation sites is 1. The molecule has 0 aliphatic carbocycles. The van der Waals surface area contributed by atoms with Crippen LogP contribution in [0.25, 0.3) is 0 Å². The van der Waals surface area contributed by atoms with Crippen molar-refractivity contribution >= 4 is 20.3 Å². The van der Waals surface area contributed by atoms with E-state index >= 15 is 0 Å². The van der Waals surface area contributed by atoms with Crippen molar-refractivity contribution in [3.63, 3.8) is 0 Å². The summed E-state index contributed by atoms with van der Waals surface area (Å²) < 4.78 is 23.5. The molecular formula is C21H29N4O9P. The lowest BCUT2D eigenvalue weighted by Crippen LogP contribution is -2.37. The van der Waals surface area contributed by atoms with Gasteiger partial charge in [-0.3, -0.25) is 20.0 Å². The summed E-state index contributed by atoms with van der Waals surface area (Å²) in [4.78, 5) is 28.0. The van der Waals surface area contributed by atoms with Crippen molar-refractivity contribution in [2.24, 2.45) is 0 Å². The topological polar surface area (TPSA) is 174 Å². The average Bonchev–Trinajstić information content (AvgIpc) is 3.11. The molecule has 0 bridgehead atoms. The van der Waals surface area contributed by atoms with Crippen LogP contribution in [0.4, 0.5) is 5.82 Å². The summed E-state index contributed by atoms with van der Waals surface area (Å²) in [7, 11) is -1.91. The lowest BCUT2D eigenvalue weighted by atomic mass is 10.1. The van der Waals surface area contributed by atoms with Gasteiger partial charge in [-0.15, -0.1) is 0 Å². The summed E-state index contributed by atoms with van der Waals surface area (Å²) in [6, 6.07) is 9.31. The van der Waals surface area contributed by atoms with Crippen molar-refractivity contribution < 1.29 is 38.7 Å². The number of esters is 1. The Balaban J connectivity index is 1.68. The van der Waals surface area contributed by atoms with Crippen molar-refractivity contribution in [1.29, 1.82) is 0 Å². The van der Waals surface area contributed by atoms with Gasteiger partial charge in [0.1, 0.15) is 30.1 Å². The number of carbonyl (C=O) groups excluding carboxylic acids is 1. The molecule has 0 amide bonds. The maximum absolute atomic E-state index is 12.2. The van der Waals surface area contributed by atoms with Crippen LogP contribution in [0.3, 0.4) is 0 Å². The zero-order valence-corrected chi connectivity index (χ0v) is 20.2. The number of ether oxygens (including phenoxy) is 2. The van der Waals surface area contributed by atoms with Crippen LogP contribution in [0.5, 0.6) is 5.75 Å². The molecule has 1 fully saturated rings. The molecule has 1 aromatic heterocycles. The van der Waals surface area contributed by atoms with Crippen LogP contribution in [-0.4, -0.2) is 68.0 Å². The molecule has 2 aromatic rings. The fraction of sp³-hybridized carbons (Fsp3) is 0.476. The van der Waals surface area contributed by atoms with Crippen molar-refractivity contribution in [2.45, 2.75) is 57.5 Å². The zero-order valence-electron chi connectivity index (χ0n) is 19.3. The number of aliphatic hydroxyl groups is 2. The summed E-state index contributed by atoms with van der Waals surface area (Å²) in [6.07, 6.45) is -4.14. The standard InChI is InChI=1S/C21H29N4O9P/c1-12(2)32-20(28)13(3)24-35(34-14-7-5-4-6-8-14)31-11-15-17(26)18(27)19(33-15)25-10-9-16(23-30)22-21(25)29/h4-10,12-13,15,17-19,24,26-27,30H,11H2,1-3H3,(H,22,23,29)/t13-,15?,17?,18?,19?,35?/m0/s1.